The number of rotatable bonds is 4. The Bertz CT molecular complexity index is 829. The van der Waals surface area contributed by atoms with E-state index in [9.17, 15) is 4.79 Å². The summed E-state index contributed by atoms with van der Waals surface area (Å²) in [5.41, 5.74) is 4.31. The van der Waals surface area contributed by atoms with Crippen LogP contribution in [-0.4, -0.2) is 27.3 Å². The first-order valence-electron chi connectivity index (χ1n) is 10.5. The minimum atomic E-state index is -1.95. The van der Waals surface area contributed by atoms with Crippen LogP contribution in [0.1, 0.15) is 70.3 Å². The first-order valence-corrected chi connectivity index (χ1v) is 13.4. The zero-order valence-electron chi connectivity index (χ0n) is 19.0. The molecule has 0 bridgehead atoms. The van der Waals surface area contributed by atoms with Crippen LogP contribution in [0.2, 0.25) is 18.1 Å². The third kappa shape index (κ3) is 3.19. The molecule has 154 valence electrons. The van der Waals surface area contributed by atoms with Crippen molar-refractivity contribution in [2.45, 2.75) is 78.6 Å². The van der Waals surface area contributed by atoms with Gasteiger partial charge in [-0.05, 0) is 47.7 Å². The first-order chi connectivity index (χ1) is 12.8. The highest BCUT2D eigenvalue weighted by Gasteiger charge is 2.54. The third-order valence-corrected chi connectivity index (χ3v) is 11.8. The molecule has 0 radical (unpaired) electrons. The highest BCUT2D eigenvalue weighted by atomic mass is 28.4. The zero-order valence-corrected chi connectivity index (χ0v) is 20.0. The number of carbonyl (C=O) groups excluding carboxylic acids is 1. The molecule has 0 saturated heterocycles. The lowest BCUT2D eigenvalue weighted by atomic mass is 9.67. The van der Waals surface area contributed by atoms with E-state index in [-0.39, 0.29) is 22.3 Å². The highest BCUT2D eigenvalue weighted by Crippen LogP contribution is 2.59. The van der Waals surface area contributed by atoms with Gasteiger partial charge in [0.25, 0.3) is 0 Å². The molecular formula is C24H36O3Si. The first kappa shape index (κ1) is 21.3. The molecule has 0 fully saturated rings. The second-order valence-electron chi connectivity index (χ2n) is 10.5. The van der Waals surface area contributed by atoms with Crippen LogP contribution in [0.5, 0.6) is 5.75 Å². The maximum Gasteiger partial charge on any atom is 0.192 e. The van der Waals surface area contributed by atoms with Crippen molar-refractivity contribution in [3.05, 3.63) is 34.9 Å². The van der Waals surface area contributed by atoms with Crippen LogP contribution in [0, 0.1) is 11.3 Å². The second kappa shape index (κ2) is 6.84. The normalized spacial score (nSPS) is 25.2. The molecule has 2 aliphatic rings. The molecule has 0 saturated carbocycles. The van der Waals surface area contributed by atoms with Gasteiger partial charge in [0.1, 0.15) is 5.75 Å². The summed E-state index contributed by atoms with van der Waals surface area (Å²) in [4.78, 5) is 13.3. The Morgan fingerprint density at radius 3 is 2.39 bits per heavy atom. The standard InChI is InChI=1S/C24H36O3Si/c1-15(2)17-13-20(27-28(8,9)23(3,4)5)24(6)14-18(25)21-16(22(17)24)11-10-12-19(21)26-7/h10-12,15,20H,13-14H2,1-9H3/t20-,24+/m1/s1. The van der Waals surface area contributed by atoms with Crippen LogP contribution in [0.15, 0.2) is 23.8 Å². The van der Waals surface area contributed by atoms with Gasteiger partial charge in [-0.25, -0.2) is 0 Å². The number of Topliss-reactive ketones (excluding diaryl/α,β-unsaturated/α-hetero) is 1. The summed E-state index contributed by atoms with van der Waals surface area (Å²) >= 11 is 0. The van der Waals surface area contributed by atoms with Gasteiger partial charge in [0.05, 0.1) is 18.8 Å². The summed E-state index contributed by atoms with van der Waals surface area (Å²) in [6.07, 6.45) is 1.47. The Kier molecular flexibility index (Phi) is 5.21. The summed E-state index contributed by atoms with van der Waals surface area (Å²) in [5, 5.41) is 0.143. The molecule has 0 spiro atoms. The molecule has 3 rings (SSSR count). The number of carbonyl (C=O) groups is 1. The van der Waals surface area contributed by atoms with Crippen LogP contribution in [0.3, 0.4) is 0 Å². The van der Waals surface area contributed by atoms with E-state index in [1.54, 1.807) is 7.11 Å². The lowest BCUT2D eigenvalue weighted by Gasteiger charge is -2.45. The molecule has 3 nitrogen and oxygen atoms in total. The molecule has 1 aromatic carbocycles. The van der Waals surface area contributed by atoms with Gasteiger partial charge in [-0.3, -0.25) is 4.79 Å². The number of methoxy groups -OCH3 is 1. The van der Waals surface area contributed by atoms with E-state index in [0.717, 1.165) is 17.5 Å². The van der Waals surface area contributed by atoms with Crippen LogP contribution >= 0.6 is 0 Å². The van der Waals surface area contributed by atoms with Crippen LogP contribution in [0.4, 0.5) is 0 Å². The van der Waals surface area contributed by atoms with Crippen molar-refractivity contribution in [1.82, 2.24) is 0 Å². The van der Waals surface area contributed by atoms with Crippen molar-refractivity contribution in [1.29, 1.82) is 0 Å². The van der Waals surface area contributed by atoms with E-state index < -0.39 is 8.32 Å². The summed E-state index contributed by atoms with van der Waals surface area (Å²) in [7, 11) is -0.306. The minimum absolute atomic E-state index is 0.0593. The van der Waals surface area contributed by atoms with Crippen LogP contribution < -0.4 is 4.74 Å². The number of ether oxygens (including phenoxy) is 1. The van der Waals surface area contributed by atoms with Gasteiger partial charge in [-0.15, -0.1) is 0 Å². The summed E-state index contributed by atoms with van der Waals surface area (Å²) in [6.45, 7) is 18.2. The van der Waals surface area contributed by atoms with Gasteiger partial charge in [0, 0.05) is 11.8 Å². The summed E-state index contributed by atoms with van der Waals surface area (Å²) < 4.78 is 12.5. The van der Waals surface area contributed by atoms with Gasteiger partial charge in [-0.1, -0.05) is 59.2 Å². The summed E-state index contributed by atoms with van der Waals surface area (Å²) in [5.74, 6) is 1.29. The molecule has 2 atom stereocenters. The number of benzene rings is 1. The molecule has 28 heavy (non-hydrogen) atoms. The van der Waals surface area contributed by atoms with Gasteiger partial charge in [0.2, 0.25) is 0 Å². The SMILES string of the molecule is COc1cccc2c1C(=O)C[C@]1(C)C2=C(C(C)C)C[C@H]1O[Si](C)(C)C(C)(C)C. The van der Waals surface area contributed by atoms with Crippen molar-refractivity contribution >= 4 is 19.7 Å². The van der Waals surface area contributed by atoms with E-state index >= 15 is 0 Å². The van der Waals surface area contributed by atoms with Gasteiger partial charge in [-0.2, -0.15) is 0 Å². The highest BCUT2D eigenvalue weighted by molar-refractivity contribution is 6.74. The average Bonchev–Trinajstić information content (AvgIpc) is 2.85. The molecule has 0 unspecified atom stereocenters. The minimum Gasteiger partial charge on any atom is -0.496 e. The van der Waals surface area contributed by atoms with Gasteiger partial charge < -0.3 is 9.16 Å². The van der Waals surface area contributed by atoms with E-state index in [2.05, 4.69) is 60.7 Å². The predicted molar refractivity (Wildman–Crippen MR) is 118 cm³/mol. The molecule has 0 aromatic heterocycles. The quantitative estimate of drug-likeness (QED) is 0.542. The average molecular weight is 401 g/mol. The molecule has 1 aromatic rings. The molecule has 0 N–H and O–H groups in total. The van der Waals surface area contributed by atoms with E-state index in [1.165, 1.54) is 11.1 Å². The van der Waals surface area contributed by atoms with Crippen LogP contribution in [-0.2, 0) is 4.43 Å². The Balaban J connectivity index is 2.15. The maximum absolute atomic E-state index is 13.3. The second-order valence-corrected chi connectivity index (χ2v) is 15.3. The zero-order chi connectivity index (χ0) is 21.1. The Hall–Kier alpha value is -1.39. The van der Waals surface area contributed by atoms with Gasteiger partial charge in [0.15, 0.2) is 14.1 Å². The molecule has 0 aliphatic heterocycles. The Morgan fingerprint density at radius 1 is 1.21 bits per heavy atom. The predicted octanol–water partition coefficient (Wildman–Crippen LogP) is 6.49. The lowest BCUT2D eigenvalue weighted by Crippen LogP contribution is -2.48. The largest absolute Gasteiger partial charge is 0.496 e. The monoisotopic (exact) mass is 400 g/mol. The molecule has 0 amide bonds. The van der Waals surface area contributed by atoms with Crippen molar-refractivity contribution in [2.75, 3.05) is 7.11 Å². The molecular weight excluding hydrogens is 364 g/mol. The summed E-state index contributed by atoms with van der Waals surface area (Å²) in [6, 6.07) is 6.00. The number of fused-ring (bicyclic) bond motifs is 3. The number of ketones is 1. The molecule has 4 heteroatoms. The fourth-order valence-corrected chi connectivity index (χ4v) is 5.99. The topological polar surface area (TPSA) is 35.5 Å². The van der Waals surface area contributed by atoms with Crippen molar-refractivity contribution in [3.8, 4) is 5.75 Å². The fraction of sp³-hybridized carbons (Fsp3) is 0.625. The Morgan fingerprint density at radius 2 is 1.86 bits per heavy atom. The smallest absolute Gasteiger partial charge is 0.192 e. The Labute approximate surface area is 171 Å². The maximum atomic E-state index is 13.3. The fourth-order valence-electron chi connectivity index (χ4n) is 4.59. The van der Waals surface area contributed by atoms with Crippen molar-refractivity contribution in [2.24, 2.45) is 11.3 Å². The van der Waals surface area contributed by atoms with Crippen molar-refractivity contribution in [3.63, 3.8) is 0 Å². The van der Waals surface area contributed by atoms with Gasteiger partial charge >= 0.3 is 0 Å². The third-order valence-electron chi connectivity index (χ3n) is 7.27. The van der Waals surface area contributed by atoms with E-state index in [1.807, 2.05) is 12.1 Å². The van der Waals surface area contributed by atoms with E-state index in [4.69, 9.17) is 9.16 Å². The van der Waals surface area contributed by atoms with Crippen molar-refractivity contribution < 1.29 is 14.0 Å². The lowest BCUT2D eigenvalue weighted by molar-refractivity contribution is 0.0711. The molecule has 0 heterocycles. The van der Waals surface area contributed by atoms with Crippen LogP contribution in [0.25, 0.3) is 5.57 Å². The molecule has 2 aliphatic carbocycles. The number of hydrogen-bond acceptors (Lipinski definition) is 3. The van der Waals surface area contributed by atoms with E-state index in [0.29, 0.717) is 18.1 Å². The number of hydrogen-bond donors (Lipinski definition) is 0.